The molecule has 3 aromatic carbocycles. The third-order valence-electron chi connectivity index (χ3n) is 7.91. The number of benzene rings is 3. The van der Waals surface area contributed by atoms with Crippen LogP contribution in [0.15, 0.2) is 72.2 Å². The monoisotopic (exact) mass is 513 g/mol. The maximum Gasteiger partial charge on any atom is 0.492 e. The zero-order chi connectivity index (χ0) is 27.1. The van der Waals surface area contributed by atoms with Crippen LogP contribution in [-0.4, -0.2) is 37.6 Å². The lowest BCUT2D eigenvalue weighted by molar-refractivity contribution is 0.00578. The molecule has 1 fully saturated rings. The van der Waals surface area contributed by atoms with Crippen molar-refractivity contribution in [2.45, 2.75) is 51.7 Å². The summed E-state index contributed by atoms with van der Waals surface area (Å²) in [5, 5.41) is 2.87. The first-order chi connectivity index (χ1) is 18.1. The predicted molar refractivity (Wildman–Crippen MR) is 148 cm³/mol. The molecule has 7 heteroatoms. The summed E-state index contributed by atoms with van der Waals surface area (Å²) in [6.45, 7) is 10.1. The molecule has 2 aliphatic rings. The van der Waals surface area contributed by atoms with Crippen LogP contribution in [0, 0.1) is 12.7 Å². The standard InChI is InChI=1S/C31H33BFNO4/c1-20-16-23(33)15-14-21(20)17-22(32-37-30(2,3)31(4,5)38-32)18-34-29(35)36-19-28-26-12-8-6-10-24(26)25-11-7-9-13-27(25)28/h6-17,28H,18-19H2,1-5H3,(H,34,35). The second kappa shape index (κ2) is 10.0. The predicted octanol–water partition coefficient (Wildman–Crippen LogP) is 6.69. The Bertz CT molecular complexity index is 1340. The number of fused-ring (bicyclic) bond motifs is 3. The summed E-state index contributed by atoms with van der Waals surface area (Å²) in [5.41, 5.74) is 5.90. The van der Waals surface area contributed by atoms with Crippen molar-refractivity contribution in [3.05, 3.63) is 100 Å². The number of alkyl carbamates (subject to hydrolysis) is 1. The van der Waals surface area contributed by atoms with Crippen molar-refractivity contribution in [1.82, 2.24) is 5.32 Å². The van der Waals surface area contributed by atoms with Crippen LogP contribution in [-0.2, 0) is 14.0 Å². The molecule has 5 nitrogen and oxygen atoms in total. The molecule has 0 spiro atoms. The quantitative estimate of drug-likeness (QED) is 0.374. The van der Waals surface area contributed by atoms with Crippen molar-refractivity contribution in [3.63, 3.8) is 0 Å². The van der Waals surface area contributed by atoms with Crippen LogP contribution >= 0.6 is 0 Å². The van der Waals surface area contributed by atoms with E-state index in [2.05, 4.69) is 29.6 Å². The van der Waals surface area contributed by atoms with Gasteiger partial charge in [0.2, 0.25) is 0 Å². The van der Waals surface area contributed by atoms with Gasteiger partial charge in [0.15, 0.2) is 0 Å². The SMILES string of the molecule is Cc1cc(F)ccc1C=C(CNC(=O)OCC1c2ccccc2-c2ccccc21)B1OC(C)(C)C(C)(C)O1. The summed E-state index contributed by atoms with van der Waals surface area (Å²) < 4.78 is 31.9. The van der Waals surface area contributed by atoms with Gasteiger partial charge in [0.1, 0.15) is 12.4 Å². The lowest BCUT2D eigenvalue weighted by Gasteiger charge is -2.32. The maximum absolute atomic E-state index is 13.7. The molecule has 1 N–H and O–H groups in total. The summed E-state index contributed by atoms with van der Waals surface area (Å²) >= 11 is 0. The first-order valence-corrected chi connectivity index (χ1v) is 13.0. The van der Waals surface area contributed by atoms with Crippen LogP contribution in [0.25, 0.3) is 17.2 Å². The molecule has 5 rings (SSSR count). The highest BCUT2D eigenvalue weighted by Crippen LogP contribution is 2.44. The Morgan fingerprint density at radius 1 is 0.974 bits per heavy atom. The molecular weight excluding hydrogens is 480 g/mol. The zero-order valence-electron chi connectivity index (χ0n) is 22.5. The number of ether oxygens (including phenoxy) is 1. The van der Waals surface area contributed by atoms with Crippen molar-refractivity contribution >= 4 is 19.3 Å². The van der Waals surface area contributed by atoms with Crippen molar-refractivity contribution in [2.24, 2.45) is 0 Å². The molecule has 0 unspecified atom stereocenters. The second-order valence-corrected chi connectivity index (χ2v) is 11.0. The Kier molecular flexibility index (Phi) is 6.93. The molecule has 0 aromatic heterocycles. The molecule has 0 atom stereocenters. The highest BCUT2D eigenvalue weighted by atomic mass is 19.1. The lowest BCUT2D eigenvalue weighted by atomic mass is 9.76. The smallest absolute Gasteiger partial charge is 0.449 e. The number of hydrogen-bond acceptors (Lipinski definition) is 4. The Labute approximate surface area is 224 Å². The van der Waals surface area contributed by atoms with Crippen molar-refractivity contribution in [3.8, 4) is 11.1 Å². The molecular formula is C31H33BFNO4. The fourth-order valence-corrected chi connectivity index (χ4v) is 5.02. The van der Waals surface area contributed by atoms with E-state index in [1.807, 2.05) is 65.0 Å². The highest BCUT2D eigenvalue weighted by molar-refractivity contribution is 6.56. The van der Waals surface area contributed by atoms with E-state index < -0.39 is 24.4 Å². The van der Waals surface area contributed by atoms with Gasteiger partial charge in [-0.3, -0.25) is 0 Å². The van der Waals surface area contributed by atoms with Crippen molar-refractivity contribution in [2.75, 3.05) is 13.2 Å². The van der Waals surface area contributed by atoms with Crippen molar-refractivity contribution in [1.29, 1.82) is 0 Å². The van der Waals surface area contributed by atoms with Gasteiger partial charge in [-0.15, -0.1) is 0 Å². The van der Waals surface area contributed by atoms with Gasteiger partial charge in [-0.2, -0.15) is 0 Å². The van der Waals surface area contributed by atoms with Crippen LogP contribution in [0.4, 0.5) is 9.18 Å². The van der Waals surface area contributed by atoms with Gasteiger partial charge < -0.3 is 19.4 Å². The number of nitrogens with one attached hydrogen (secondary N) is 1. The van der Waals surface area contributed by atoms with E-state index in [0.717, 1.165) is 22.3 Å². The fourth-order valence-electron chi connectivity index (χ4n) is 5.02. The summed E-state index contributed by atoms with van der Waals surface area (Å²) in [4.78, 5) is 12.9. The number of halogens is 1. The van der Waals surface area contributed by atoms with E-state index >= 15 is 0 Å². The number of carbonyl (C=O) groups is 1. The van der Waals surface area contributed by atoms with E-state index in [0.29, 0.717) is 5.47 Å². The minimum absolute atomic E-state index is 0.0203. The number of amides is 1. The Balaban J connectivity index is 1.31. The average Bonchev–Trinajstić information content (AvgIpc) is 3.30. The molecule has 1 amide bonds. The molecule has 3 aromatic rings. The third-order valence-corrected chi connectivity index (χ3v) is 7.91. The van der Waals surface area contributed by atoms with Gasteiger partial charge in [-0.05, 0) is 85.6 Å². The van der Waals surface area contributed by atoms with Crippen LogP contribution in [0.1, 0.15) is 55.9 Å². The van der Waals surface area contributed by atoms with E-state index in [1.54, 1.807) is 6.07 Å². The molecule has 1 saturated heterocycles. The molecule has 0 radical (unpaired) electrons. The largest absolute Gasteiger partial charge is 0.492 e. The van der Waals surface area contributed by atoms with Crippen LogP contribution in [0.5, 0.6) is 0 Å². The van der Waals surface area contributed by atoms with E-state index in [1.165, 1.54) is 23.3 Å². The lowest BCUT2D eigenvalue weighted by Crippen LogP contribution is -2.41. The van der Waals surface area contributed by atoms with Crippen LogP contribution in [0.3, 0.4) is 0 Å². The van der Waals surface area contributed by atoms with Gasteiger partial charge in [-0.1, -0.05) is 60.7 Å². The summed E-state index contributed by atoms with van der Waals surface area (Å²) in [6.07, 6.45) is 1.37. The van der Waals surface area contributed by atoms with Gasteiger partial charge in [0.25, 0.3) is 0 Å². The van der Waals surface area contributed by atoms with E-state index in [-0.39, 0.29) is 24.9 Å². The van der Waals surface area contributed by atoms with Gasteiger partial charge in [0, 0.05) is 12.5 Å². The first-order valence-electron chi connectivity index (χ1n) is 13.0. The number of hydrogen-bond donors (Lipinski definition) is 1. The Morgan fingerprint density at radius 2 is 1.55 bits per heavy atom. The average molecular weight is 513 g/mol. The molecule has 0 bridgehead atoms. The molecule has 38 heavy (non-hydrogen) atoms. The normalized spacial score (nSPS) is 17.7. The molecule has 1 heterocycles. The molecule has 1 aliphatic carbocycles. The maximum atomic E-state index is 13.7. The summed E-state index contributed by atoms with van der Waals surface area (Å²) in [7, 11) is -0.668. The topological polar surface area (TPSA) is 56.8 Å². The first kappa shape index (κ1) is 26.2. The fraction of sp³-hybridized carbons (Fsp3) is 0.323. The van der Waals surface area contributed by atoms with Gasteiger partial charge in [-0.25, -0.2) is 9.18 Å². The molecule has 0 saturated carbocycles. The number of carbonyl (C=O) groups excluding carboxylic acids is 1. The Morgan fingerprint density at radius 3 is 2.13 bits per heavy atom. The highest BCUT2D eigenvalue weighted by Gasteiger charge is 2.52. The second-order valence-electron chi connectivity index (χ2n) is 11.0. The summed E-state index contributed by atoms with van der Waals surface area (Å²) in [5.74, 6) is -0.318. The van der Waals surface area contributed by atoms with Crippen LogP contribution in [0.2, 0.25) is 0 Å². The third kappa shape index (κ3) is 5.01. The Hall–Kier alpha value is -3.42. The van der Waals surface area contributed by atoms with Crippen molar-refractivity contribution < 1.29 is 23.2 Å². The number of aryl methyl sites for hydroxylation is 1. The minimum atomic E-state index is -0.668. The van der Waals surface area contributed by atoms with Crippen LogP contribution < -0.4 is 5.32 Å². The minimum Gasteiger partial charge on any atom is -0.449 e. The van der Waals surface area contributed by atoms with E-state index in [9.17, 15) is 9.18 Å². The summed E-state index contributed by atoms with van der Waals surface area (Å²) in [6, 6.07) is 21.1. The van der Waals surface area contributed by atoms with Gasteiger partial charge >= 0.3 is 13.2 Å². The van der Waals surface area contributed by atoms with Gasteiger partial charge in [0.05, 0.1) is 11.2 Å². The molecule has 1 aliphatic heterocycles. The number of rotatable bonds is 6. The molecule has 196 valence electrons. The zero-order valence-corrected chi connectivity index (χ0v) is 22.5. The van der Waals surface area contributed by atoms with E-state index in [4.69, 9.17) is 14.0 Å².